The fourth-order valence-electron chi connectivity index (χ4n) is 6.66. The van der Waals surface area contributed by atoms with Gasteiger partial charge in [0, 0.05) is 23.2 Å². The van der Waals surface area contributed by atoms with Gasteiger partial charge in [-0.05, 0) is 87.7 Å². The van der Waals surface area contributed by atoms with Crippen molar-refractivity contribution in [1.29, 1.82) is 0 Å². The normalized spacial score (nSPS) is 31.7. The summed E-state index contributed by atoms with van der Waals surface area (Å²) in [5.41, 5.74) is 0. The van der Waals surface area contributed by atoms with E-state index in [1.54, 1.807) is 17.0 Å². The number of hydrogen-bond acceptors (Lipinski definition) is 4. The third-order valence-corrected chi connectivity index (χ3v) is 9.91. The fraction of sp³-hybridized carbons (Fsp3) is 0.704. The molecular weight excluding hydrogens is 435 g/mol. The van der Waals surface area contributed by atoms with E-state index in [-0.39, 0.29) is 29.5 Å². The van der Waals surface area contributed by atoms with Crippen molar-refractivity contribution in [2.24, 2.45) is 23.7 Å². The van der Waals surface area contributed by atoms with Gasteiger partial charge in [-0.15, -0.1) is 11.8 Å². The number of nitrogens with zero attached hydrogens (tertiary/aromatic N) is 2. The molecule has 4 nitrogen and oxygen atoms in total. The number of carbonyl (C=O) groups is 2. The summed E-state index contributed by atoms with van der Waals surface area (Å²) in [7, 11) is 0. The van der Waals surface area contributed by atoms with Crippen molar-refractivity contribution in [3.05, 3.63) is 30.1 Å². The van der Waals surface area contributed by atoms with Gasteiger partial charge in [-0.25, -0.2) is 4.39 Å². The second-order valence-corrected chi connectivity index (χ2v) is 12.0. The van der Waals surface area contributed by atoms with Crippen LogP contribution in [0.2, 0.25) is 0 Å². The van der Waals surface area contributed by atoms with Crippen LogP contribution in [0.3, 0.4) is 0 Å². The summed E-state index contributed by atoms with van der Waals surface area (Å²) >= 11 is 1.88. The lowest BCUT2D eigenvalue weighted by Crippen LogP contribution is -2.44. The molecule has 2 saturated heterocycles. The van der Waals surface area contributed by atoms with Crippen LogP contribution >= 0.6 is 11.8 Å². The monoisotopic (exact) mass is 472 g/mol. The molecular formula is C27H37FN2O2S. The summed E-state index contributed by atoms with van der Waals surface area (Å²) in [6.45, 7) is 3.97. The molecule has 33 heavy (non-hydrogen) atoms. The molecule has 2 unspecified atom stereocenters. The molecule has 0 radical (unpaired) electrons. The van der Waals surface area contributed by atoms with Gasteiger partial charge < -0.3 is 4.90 Å². The van der Waals surface area contributed by atoms with E-state index in [9.17, 15) is 14.0 Å². The second kappa shape index (κ2) is 10.5. The van der Waals surface area contributed by atoms with Gasteiger partial charge in [-0.2, -0.15) is 0 Å². The van der Waals surface area contributed by atoms with E-state index in [0.29, 0.717) is 23.6 Å². The van der Waals surface area contributed by atoms with Gasteiger partial charge in [-0.1, -0.05) is 25.7 Å². The summed E-state index contributed by atoms with van der Waals surface area (Å²) in [4.78, 5) is 31.4. The van der Waals surface area contributed by atoms with Crippen LogP contribution in [0.1, 0.15) is 64.2 Å². The predicted molar refractivity (Wildman–Crippen MR) is 129 cm³/mol. The molecule has 1 aromatic rings. The van der Waals surface area contributed by atoms with Crippen molar-refractivity contribution in [3.63, 3.8) is 0 Å². The Bertz CT molecular complexity index is 815. The van der Waals surface area contributed by atoms with Crippen molar-refractivity contribution < 1.29 is 14.0 Å². The van der Waals surface area contributed by atoms with Crippen LogP contribution in [0.4, 0.5) is 4.39 Å². The first kappa shape index (κ1) is 23.3. The Morgan fingerprint density at radius 2 is 1.30 bits per heavy atom. The topological polar surface area (TPSA) is 40.6 Å². The molecule has 4 atom stereocenters. The lowest BCUT2D eigenvalue weighted by atomic mass is 9.78. The van der Waals surface area contributed by atoms with Crippen LogP contribution in [-0.4, -0.2) is 53.0 Å². The van der Waals surface area contributed by atoms with Crippen molar-refractivity contribution in [2.45, 2.75) is 74.4 Å². The zero-order valence-electron chi connectivity index (χ0n) is 19.6. The van der Waals surface area contributed by atoms with E-state index in [4.69, 9.17) is 0 Å². The Morgan fingerprint density at radius 1 is 0.758 bits per heavy atom. The highest BCUT2D eigenvalue weighted by Crippen LogP contribution is 2.40. The van der Waals surface area contributed by atoms with Gasteiger partial charge in [0.2, 0.25) is 11.8 Å². The summed E-state index contributed by atoms with van der Waals surface area (Å²) < 4.78 is 13.2. The summed E-state index contributed by atoms with van der Waals surface area (Å²) in [5, 5.41) is 0.594. The number of likely N-dealkylation sites (tertiary alicyclic amines) is 2. The van der Waals surface area contributed by atoms with Gasteiger partial charge >= 0.3 is 0 Å². The van der Waals surface area contributed by atoms with Crippen molar-refractivity contribution in [3.8, 4) is 0 Å². The highest BCUT2D eigenvalue weighted by atomic mass is 32.2. The van der Waals surface area contributed by atoms with E-state index >= 15 is 0 Å². The first-order valence-corrected chi connectivity index (χ1v) is 14.0. The number of piperidine rings is 1. The highest BCUT2D eigenvalue weighted by Gasteiger charge is 2.49. The number of fused-ring (bicyclic) bond motifs is 1. The zero-order valence-corrected chi connectivity index (χ0v) is 20.4. The molecule has 2 heterocycles. The van der Waals surface area contributed by atoms with E-state index < -0.39 is 0 Å². The molecule has 0 bridgehead atoms. The van der Waals surface area contributed by atoms with Gasteiger partial charge in [0.1, 0.15) is 5.82 Å². The molecule has 4 aliphatic rings. The minimum Gasteiger partial charge on any atom is -0.303 e. The number of rotatable bonds is 6. The average molecular weight is 473 g/mol. The Hall–Kier alpha value is -1.40. The van der Waals surface area contributed by atoms with Crippen LogP contribution in [0.25, 0.3) is 0 Å². The average Bonchev–Trinajstić information content (AvgIpc) is 3.08. The maximum absolute atomic E-state index is 13.2. The quantitative estimate of drug-likeness (QED) is 0.523. The lowest BCUT2D eigenvalue weighted by molar-refractivity contribution is -0.141. The third kappa shape index (κ3) is 5.32. The van der Waals surface area contributed by atoms with E-state index in [2.05, 4.69) is 4.90 Å². The van der Waals surface area contributed by atoms with Gasteiger partial charge in [0.05, 0.1) is 11.8 Å². The highest BCUT2D eigenvalue weighted by molar-refractivity contribution is 8.00. The smallest absolute Gasteiger partial charge is 0.233 e. The van der Waals surface area contributed by atoms with Crippen LogP contribution in [0, 0.1) is 29.5 Å². The molecule has 0 aromatic heterocycles. The Balaban J connectivity index is 1.14. The molecule has 2 amide bonds. The van der Waals surface area contributed by atoms with Crippen molar-refractivity contribution in [1.82, 2.24) is 9.80 Å². The number of amides is 2. The van der Waals surface area contributed by atoms with E-state index in [0.717, 1.165) is 69.5 Å². The standard InChI is InChI=1S/C27H37FN2O2S/c28-21-9-11-22(12-10-21)33-23-13-15-29(16-14-23)17-19-5-1-2-6-20(19)18-30-26(31)24-7-3-4-8-25(24)27(30)32/h9-12,19-20,23-25H,1-8,13-18H2/t19-,20-,24?,25?/m1/s1. The minimum absolute atomic E-state index is 0.0223. The molecule has 5 rings (SSSR count). The fourth-order valence-corrected chi connectivity index (χ4v) is 7.78. The second-order valence-electron chi connectivity index (χ2n) is 10.7. The summed E-state index contributed by atoms with van der Waals surface area (Å²) in [6, 6.07) is 6.86. The number of thioether (sulfide) groups is 1. The Labute approximate surface area is 201 Å². The zero-order chi connectivity index (χ0) is 22.8. The van der Waals surface area contributed by atoms with Gasteiger partial charge in [-0.3, -0.25) is 14.5 Å². The minimum atomic E-state index is -0.174. The predicted octanol–water partition coefficient (Wildman–Crippen LogP) is 5.36. The van der Waals surface area contributed by atoms with Gasteiger partial charge in [0.15, 0.2) is 0 Å². The van der Waals surface area contributed by atoms with Crippen LogP contribution in [-0.2, 0) is 9.59 Å². The molecule has 0 spiro atoms. The summed E-state index contributed by atoms with van der Waals surface area (Å²) in [6.07, 6.45) is 11.2. The number of hydrogen-bond donors (Lipinski definition) is 0. The Kier molecular flexibility index (Phi) is 7.41. The molecule has 0 N–H and O–H groups in total. The van der Waals surface area contributed by atoms with E-state index in [1.165, 1.54) is 19.3 Å². The van der Waals surface area contributed by atoms with E-state index in [1.807, 2.05) is 23.9 Å². The van der Waals surface area contributed by atoms with Crippen molar-refractivity contribution in [2.75, 3.05) is 26.2 Å². The van der Waals surface area contributed by atoms with Gasteiger partial charge in [0.25, 0.3) is 0 Å². The number of carbonyl (C=O) groups excluding carboxylic acids is 2. The van der Waals surface area contributed by atoms with Crippen molar-refractivity contribution >= 4 is 23.6 Å². The molecule has 1 aromatic carbocycles. The number of imide groups is 1. The number of benzene rings is 1. The molecule has 6 heteroatoms. The maximum atomic E-state index is 13.2. The molecule has 2 saturated carbocycles. The van der Waals surface area contributed by atoms with Crippen LogP contribution in [0.5, 0.6) is 0 Å². The van der Waals surface area contributed by atoms with Crippen LogP contribution < -0.4 is 0 Å². The summed E-state index contributed by atoms with van der Waals surface area (Å²) in [5.74, 6) is 1.09. The molecule has 4 fully saturated rings. The first-order chi connectivity index (χ1) is 16.1. The largest absolute Gasteiger partial charge is 0.303 e. The lowest BCUT2D eigenvalue weighted by Gasteiger charge is -2.39. The SMILES string of the molecule is O=C1C2CCCCC2C(=O)N1C[C@H]1CCCC[C@@H]1CN1CCC(Sc2ccc(F)cc2)CC1. The maximum Gasteiger partial charge on any atom is 0.233 e. The van der Waals surface area contributed by atoms with Crippen LogP contribution in [0.15, 0.2) is 29.2 Å². The number of halogens is 1. The first-order valence-electron chi connectivity index (χ1n) is 13.1. The third-order valence-electron chi connectivity index (χ3n) is 8.56. The molecule has 2 aliphatic heterocycles. The Morgan fingerprint density at radius 3 is 1.91 bits per heavy atom. The molecule has 2 aliphatic carbocycles. The molecule has 180 valence electrons.